The van der Waals surface area contributed by atoms with Gasteiger partial charge in [0.2, 0.25) is 0 Å². The molecule has 0 aliphatic carbocycles. The Morgan fingerprint density at radius 1 is 1.79 bits per heavy atom. The Morgan fingerprint density at radius 2 is 2.50 bits per heavy atom. The van der Waals surface area contributed by atoms with Crippen LogP contribution in [0.4, 0.5) is 0 Å². The van der Waals surface area contributed by atoms with E-state index in [4.69, 9.17) is 5.11 Å². The molecule has 1 N–H and O–H groups in total. The highest BCUT2D eigenvalue weighted by atomic mass is 79.9. The number of pyridine rings is 1. The number of rotatable bonds is 4. The molecule has 0 aliphatic heterocycles. The second kappa shape index (κ2) is 5.36. The maximum atomic E-state index is 10.4. The summed E-state index contributed by atoms with van der Waals surface area (Å²) in [4.78, 5) is 14.6. The lowest BCUT2D eigenvalue weighted by molar-refractivity contribution is -0.136. The van der Waals surface area contributed by atoms with Crippen molar-refractivity contribution in [2.45, 2.75) is 23.6 Å². The van der Waals surface area contributed by atoms with Gasteiger partial charge < -0.3 is 5.11 Å². The number of aliphatic carboxylic acids is 1. The number of hydrogen-bond acceptors (Lipinski definition) is 3. The van der Waals surface area contributed by atoms with E-state index >= 15 is 0 Å². The number of hydrogen-bond donors (Lipinski definition) is 1. The minimum Gasteiger partial charge on any atom is -0.481 e. The van der Waals surface area contributed by atoms with Gasteiger partial charge in [-0.15, -0.1) is 11.8 Å². The lowest BCUT2D eigenvalue weighted by atomic mass is 10.3. The van der Waals surface area contributed by atoms with Gasteiger partial charge in [-0.05, 0) is 28.1 Å². The number of thioether (sulfide) groups is 1. The normalized spacial score (nSPS) is 12.4. The van der Waals surface area contributed by atoms with E-state index in [2.05, 4.69) is 20.9 Å². The number of nitrogens with zero attached hydrogens (tertiary/aromatic N) is 1. The minimum absolute atomic E-state index is 0.0266. The summed E-state index contributed by atoms with van der Waals surface area (Å²) in [5.41, 5.74) is 0. The lowest BCUT2D eigenvalue weighted by Gasteiger charge is -2.08. The molecule has 1 heterocycles. The zero-order valence-corrected chi connectivity index (χ0v) is 10.0. The van der Waals surface area contributed by atoms with Crippen LogP contribution >= 0.6 is 27.7 Å². The van der Waals surface area contributed by atoms with Crippen molar-refractivity contribution in [3.8, 4) is 0 Å². The van der Waals surface area contributed by atoms with Crippen LogP contribution in [0, 0.1) is 0 Å². The Balaban J connectivity index is 2.60. The highest BCUT2D eigenvalue weighted by Gasteiger charge is 2.11. The van der Waals surface area contributed by atoms with E-state index in [1.165, 1.54) is 11.8 Å². The largest absolute Gasteiger partial charge is 0.481 e. The van der Waals surface area contributed by atoms with Gasteiger partial charge in [-0.25, -0.2) is 4.98 Å². The minimum atomic E-state index is -0.781. The van der Waals surface area contributed by atoms with E-state index < -0.39 is 5.97 Å². The molecule has 1 unspecified atom stereocenters. The van der Waals surface area contributed by atoms with Crippen LogP contribution in [0.3, 0.4) is 0 Å². The fraction of sp³-hybridized carbons (Fsp3) is 0.333. The first kappa shape index (κ1) is 11.5. The molecule has 5 heteroatoms. The van der Waals surface area contributed by atoms with Crippen LogP contribution in [0.5, 0.6) is 0 Å². The zero-order chi connectivity index (χ0) is 10.6. The summed E-state index contributed by atoms with van der Waals surface area (Å²) in [5.74, 6) is -0.781. The molecule has 0 spiro atoms. The molecule has 0 saturated carbocycles. The Labute approximate surface area is 95.1 Å². The van der Waals surface area contributed by atoms with Crippen molar-refractivity contribution in [2.75, 3.05) is 0 Å². The number of halogens is 1. The molecule has 1 aromatic heterocycles. The van der Waals surface area contributed by atoms with Crippen molar-refractivity contribution in [3.05, 3.63) is 22.8 Å². The summed E-state index contributed by atoms with van der Waals surface area (Å²) in [6.07, 6.45) is 1.84. The van der Waals surface area contributed by atoms with Crippen molar-refractivity contribution < 1.29 is 9.90 Å². The second-order valence-electron chi connectivity index (χ2n) is 2.82. The van der Waals surface area contributed by atoms with Crippen molar-refractivity contribution in [3.63, 3.8) is 0 Å². The molecular formula is C9H10BrNO2S. The smallest absolute Gasteiger partial charge is 0.304 e. The molecule has 0 bridgehead atoms. The van der Waals surface area contributed by atoms with Crippen LogP contribution in [0.15, 0.2) is 27.8 Å². The molecule has 1 atom stereocenters. The molecule has 0 fully saturated rings. The number of aromatic nitrogens is 1. The van der Waals surface area contributed by atoms with Gasteiger partial charge in [0, 0.05) is 15.9 Å². The first-order chi connectivity index (χ1) is 6.59. The average molecular weight is 276 g/mol. The lowest BCUT2D eigenvalue weighted by Crippen LogP contribution is -2.05. The van der Waals surface area contributed by atoms with E-state index in [0.717, 1.165) is 9.50 Å². The van der Waals surface area contributed by atoms with Crippen LogP contribution < -0.4 is 0 Å². The van der Waals surface area contributed by atoms with Gasteiger partial charge in [0.05, 0.1) is 6.42 Å². The third-order valence-electron chi connectivity index (χ3n) is 1.50. The van der Waals surface area contributed by atoms with Gasteiger partial charge in [0.15, 0.2) is 0 Å². The van der Waals surface area contributed by atoms with Gasteiger partial charge in [0.1, 0.15) is 5.03 Å². The number of carbonyl (C=O) groups is 1. The molecule has 1 rings (SSSR count). The summed E-state index contributed by atoms with van der Waals surface area (Å²) in [7, 11) is 0. The Morgan fingerprint density at radius 3 is 3.07 bits per heavy atom. The summed E-state index contributed by atoms with van der Waals surface area (Å²) < 4.78 is 0.905. The number of carboxylic acid groups (broad SMARTS) is 1. The summed E-state index contributed by atoms with van der Waals surface area (Å²) in [6, 6.07) is 3.72. The van der Waals surface area contributed by atoms with Crippen molar-refractivity contribution in [2.24, 2.45) is 0 Å². The van der Waals surface area contributed by atoms with E-state index in [-0.39, 0.29) is 11.7 Å². The Hall–Kier alpha value is -0.550. The molecule has 0 aromatic carbocycles. The van der Waals surface area contributed by atoms with Gasteiger partial charge in [-0.2, -0.15) is 0 Å². The molecular weight excluding hydrogens is 266 g/mol. The van der Waals surface area contributed by atoms with Crippen LogP contribution in [-0.2, 0) is 4.79 Å². The molecule has 14 heavy (non-hydrogen) atoms. The van der Waals surface area contributed by atoms with Gasteiger partial charge in [-0.3, -0.25) is 4.79 Å². The predicted molar refractivity (Wildman–Crippen MR) is 59.5 cm³/mol. The van der Waals surface area contributed by atoms with E-state index in [0.29, 0.717) is 0 Å². The molecule has 76 valence electrons. The maximum Gasteiger partial charge on any atom is 0.304 e. The fourth-order valence-corrected chi connectivity index (χ4v) is 2.38. The van der Waals surface area contributed by atoms with Crippen LogP contribution in [0.1, 0.15) is 13.3 Å². The van der Waals surface area contributed by atoms with Gasteiger partial charge in [0.25, 0.3) is 0 Å². The molecule has 0 radical (unpaired) electrons. The standard InChI is InChI=1S/C9H10BrNO2S/c1-6(5-8(12)13)14-9-7(10)3-2-4-11-9/h2-4,6H,5H2,1H3,(H,12,13). The molecule has 1 aromatic rings. The van der Waals surface area contributed by atoms with Crippen molar-refractivity contribution in [1.82, 2.24) is 4.98 Å². The Bertz CT molecular complexity index is 332. The highest BCUT2D eigenvalue weighted by Crippen LogP contribution is 2.29. The van der Waals surface area contributed by atoms with Gasteiger partial charge in [-0.1, -0.05) is 6.92 Å². The van der Waals surface area contributed by atoms with E-state index in [9.17, 15) is 4.79 Å². The second-order valence-corrected chi connectivity index (χ2v) is 5.10. The third kappa shape index (κ3) is 3.67. The van der Waals surface area contributed by atoms with Crippen LogP contribution in [0.2, 0.25) is 0 Å². The summed E-state index contributed by atoms with van der Waals surface area (Å²) in [6.45, 7) is 1.87. The predicted octanol–water partition coefficient (Wildman–Crippen LogP) is 2.80. The number of carboxylic acids is 1. The molecule has 0 saturated heterocycles. The van der Waals surface area contributed by atoms with Crippen LogP contribution in [0.25, 0.3) is 0 Å². The van der Waals surface area contributed by atoms with Crippen molar-refractivity contribution >= 4 is 33.7 Å². The fourth-order valence-electron chi connectivity index (χ4n) is 0.936. The van der Waals surface area contributed by atoms with Crippen molar-refractivity contribution in [1.29, 1.82) is 0 Å². The summed E-state index contributed by atoms with van der Waals surface area (Å²) >= 11 is 4.82. The zero-order valence-electron chi connectivity index (χ0n) is 7.61. The topological polar surface area (TPSA) is 50.2 Å². The SMILES string of the molecule is CC(CC(=O)O)Sc1ncccc1Br. The third-order valence-corrected chi connectivity index (χ3v) is 3.52. The Kier molecular flexibility index (Phi) is 4.41. The highest BCUT2D eigenvalue weighted by molar-refractivity contribution is 9.10. The molecule has 0 aliphatic rings. The average Bonchev–Trinajstić information content (AvgIpc) is 2.07. The van der Waals surface area contributed by atoms with Gasteiger partial charge >= 0.3 is 5.97 Å². The summed E-state index contributed by atoms with van der Waals surface area (Å²) in [5, 5.41) is 9.45. The maximum absolute atomic E-state index is 10.4. The van der Waals surface area contributed by atoms with E-state index in [1.54, 1.807) is 6.20 Å². The van der Waals surface area contributed by atoms with E-state index in [1.807, 2.05) is 19.1 Å². The molecule has 3 nitrogen and oxygen atoms in total. The first-order valence-electron chi connectivity index (χ1n) is 4.08. The quantitative estimate of drug-likeness (QED) is 0.859. The first-order valence-corrected chi connectivity index (χ1v) is 5.76. The van der Waals surface area contributed by atoms with Crippen LogP contribution in [-0.4, -0.2) is 21.3 Å². The molecule has 0 amide bonds. The monoisotopic (exact) mass is 275 g/mol.